The number of urea groups is 1. The van der Waals surface area contributed by atoms with Crippen LogP contribution in [0.1, 0.15) is 18.5 Å². The lowest BCUT2D eigenvalue weighted by molar-refractivity contribution is -0.153. The molecule has 2 saturated heterocycles. The van der Waals surface area contributed by atoms with E-state index in [1.54, 1.807) is 0 Å². The third kappa shape index (κ3) is 4.33. The number of amides is 4. The highest BCUT2D eigenvalue weighted by Gasteiger charge is 2.56. The third-order valence-corrected chi connectivity index (χ3v) is 7.06. The van der Waals surface area contributed by atoms with Gasteiger partial charge in [0.1, 0.15) is 11.7 Å². The van der Waals surface area contributed by atoms with Crippen molar-refractivity contribution >= 4 is 56.3 Å². The summed E-state index contributed by atoms with van der Waals surface area (Å²) < 4.78 is 32.9. The van der Waals surface area contributed by atoms with Crippen molar-refractivity contribution in [3.8, 4) is 0 Å². The summed E-state index contributed by atoms with van der Waals surface area (Å²) in [5.74, 6) is -3.44. The molecule has 3 aliphatic rings. The molecule has 184 valence electrons. The molecule has 4 rings (SSSR count). The second-order valence-electron chi connectivity index (χ2n) is 7.71. The predicted octanol–water partition coefficient (Wildman–Crippen LogP) is -2.41. The number of nitrogens with zero attached hydrogens (tertiary/aromatic N) is 4. The molecule has 3 heterocycles. The van der Waals surface area contributed by atoms with Crippen LogP contribution < -0.4 is 16.4 Å². The maximum absolute atomic E-state index is 13.0. The Labute approximate surface area is 195 Å². The predicted molar refractivity (Wildman–Crippen MR) is 113 cm³/mol. The van der Waals surface area contributed by atoms with E-state index in [9.17, 15) is 37.3 Å². The number of carboxylic acid groups (broad SMARTS) is 1. The first kappa shape index (κ1) is 23.6. The average Bonchev–Trinajstić information content (AvgIpc) is 3.26. The lowest BCUT2D eigenvalue weighted by atomic mass is 9.97. The van der Waals surface area contributed by atoms with Gasteiger partial charge in [0.05, 0.1) is 6.04 Å². The zero-order chi connectivity index (χ0) is 24.8. The summed E-state index contributed by atoms with van der Waals surface area (Å²) in [6.45, 7) is 0.226. The van der Waals surface area contributed by atoms with E-state index in [0.29, 0.717) is 6.54 Å². The fourth-order valence-corrected chi connectivity index (χ4v) is 4.87. The smallest absolute Gasteiger partial charge is 0.362 e. The minimum absolute atomic E-state index is 0.0601. The van der Waals surface area contributed by atoms with Crippen molar-refractivity contribution in [2.45, 2.75) is 30.5 Å². The van der Waals surface area contributed by atoms with Crippen LogP contribution in [0.2, 0.25) is 0 Å². The Bertz CT molecular complexity index is 1190. The van der Waals surface area contributed by atoms with Gasteiger partial charge in [0.25, 0.3) is 11.8 Å². The van der Waals surface area contributed by atoms with Crippen molar-refractivity contribution in [1.82, 2.24) is 24.8 Å². The van der Waals surface area contributed by atoms with Crippen molar-refractivity contribution in [2.75, 3.05) is 25.4 Å². The van der Waals surface area contributed by atoms with E-state index in [1.807, 2.05) is 0 Å². The van der Waals surface area contributed by atoms with Crippen molar-refractivity contribution in [1.29, 1.82) is 0 Å². The van der Waals surface area contributed by atoms with Gasteiger partial charge in [0.15, 0.2) is 10.8 Å². The summed E-state index contributed by atoms with van der Waals surface area (Å²) in [5.41, 5.74) is 3.47. The highest BCUT2D eigenvalue weighted by molar-refractivity contribution is 7.84. The highest BCUT2D eigenvalue weighted by atomic mass is 32.2. The molecule has 1 aliphatic carbocycles. The van der Waals surface area contributed by atoms with Gasteiger partial charge in [-0.05, 0) is 0 Å². The second-order valence-corrected chi connectivity index (χ2v) is 9.89. The third-order valence-electron chi connectivity index (χ3n) is 5.44. The Morgan fingerprint density at radius 3 is 2.62 bits per heavy atom. The minimum atomic E-state index is -4.97. The molecule has 0 unspecified atom stereocenters. The van der Waals surface area contributed by atoms with Crippen molar-refractivity contribution in [2.24, 2.45) is 5.16 Å². The Morgan fingerprint density at radius 1 is 1.41 bits per heavy atom. The summed E-state index contributed by atoms with van der Waals surface area (Å²) in [4.78, 5) is 58.9. The van der Waals surface area contributed by atoms with Crippen molar-refractivity contribution in [3.63, 3.8) is 0 Å². The second kappa shape index (κ2) is 8.37. The van der Waals surface area contributed by atoms with Gasteiger partial charge in [0.2, 0.25) is 5.60 Å². The number of aromatic nitrogens is 1. The largest absolute Gasteiger partial charge is 0.478 e. The number of carbonyl (C=O) groups excluding carboxylic acids is 3. The number of hydrogen-bond acceptors (Lipinski definition) is 11. The van der Waals surface area contributed by atoms with Gasteiger partial charge in [-0.25, -0.2) is 18.9 Å². The van der Waals surface area contributed by atoms with Crippen LogP contribution in [0.3, 0.4) is 0 Å². The zero-order valence-electron chi connectivity index (χ0n) is 17.2. The van der Waals surface area contributed by atoms with Gasteiger partial charge in [-0.1, -0.05) is 5.16 Å². The molecule has 16 nitrogen and oxygen atoms in total. The number of nitrogens with one attached hydrogen (secondary N) is 2. The first-order chi connectivity index (χ1) is 15.9. The summed E-state index contributed by atoms with van der Waals surface area (Å²) >= 11 is 0.966. The quantitative estimate of drug-likeness (QED) is 0.100. The molecule has 0 spiro atoms. The number of thiazole rings is 1. The first-order valence-corrected chi connectivity index (χ1v) is 12.1. The number of hydrogen-bond donors (Lipinski definition) is 5. The number of oxime groups is 1. The maximum atomic E-state index is 13.0. The summed E-state index contributed by atoms with van der Waals surface area (Å²) in [6, 6.07) is -3.25. The number of anilines is 1. The minimum Gasteiger partial charge on any atom is -0.478 e. The van der Waals surface area contributed by atoms with Crippen LogP contribution in [-0.2, 0) is 29.5 Å². The normalized spacial score (nSPS) is 23.9. The fourth-order valence-electron chi connectivity index (χ4n) is 3.45. The van der Waals surface area contributed by atoms with Crippen LogP contribution in [0.4, 0.5) is 9.93 Å². The van der Waals surface area contributed by atoms with Crippen LogP contribution in [0.15, 0.2) is 10.5 Å². The maximum Gasteiger partial charge on any atom is 0.362 e. The standard InChI is InChI=1S/C16H19N7O9S2/c17-14-19-7(6-33-14)9(21-32-16(1-2-16)13(26)27)11(24)20-10-8(5-22-4-3-18-15(22)28)23(12(10)25)34(29,30)31/h6,8,10H,1-5H2,(H2,17,19)(H,18,28)(H,20,24)(H,26,27)(H,29,30,31)/t8-,10-/m0/s1. The summed E-state index contributed by atoms with van der Waals surface area (Å²) in [6.07, 6.45) is 0.342. The number of aliphatic carboxylic acids is 1. The molecule has 2 aliphatic heterocycles. The number of nitrogens with two attached hydrogens (primary N) is 1. The highest BCUT2D eigenvalue weighted by Crippen LogP contribution is 2.40. The van der Waals surface area contributed by atoms with Gasteiger partial charge < -0.3 is 31.2 Å². The van der Waals surface area contributed by atoms with Gasteiger partial charge in [0, 0.05) is 37.9 Å². The Morgan fingerprint density at radius 2 is 2.12 bits per heavy atom. The fraction of sp³-hybridized carbons (Fsp3) is 0.500. The molecule has 0 radical (unpaired) electrons. The molecule has 1 aromatic rings. The van der Waals surface area contributed by atoms with E-state index in [1.165, 1.54) is 10.3 Å². The molecule has 1 saturated carbocycles. The van der Waals surface area contributed by atoms with Gasteiger partial charge in [-0.3, -0.25) is 14.1 Å². The average molecular weight is 518 g/mol. The van der Waals surface area contributed by atoms with Gasteiger partial charge >= 0.3 is 22.3 Å². The lowest BCUT2D eigenvalue weighted by Crippen LogP contribution is -2.74. The monoisotopic (exact) mass is 517 g/mol. The van der Waals surface area contributed by atoms with Crippen molar-refractivity contribution < 1.29 is 42.1 Å². The SMILES string of the molecule is Nc1nc(C(=NOC2(C(=O)O)CC2)C(=O)N[C@@H]2C(=O)N(S(=O)(=O)O)[C@H]2CN2CCNC2=O)cs1. The Kier molecular flexibility index (Phi) is 5.82. The Balaban J connectivity index is 1.57. The molecule has 18 heteroatoms. The van der Waals surface area contributed by atoms with E-state index in [0.717, 1.165) is 11.3 Å². The van der Waals surface area contributed by atoms with Gasteiger partial charge in [-0.2, -0.15) is 8.42 Å². The molecular formula is C16H19N7O9S2. The number of carboxylic acids is 1. The number of β-lactam (4-membered cyclic amide) rings is 1. The van der Waals surface area contributed by atoms with Gasteiger partial charge in [-0.15, -0.1) is 11.3 Å². The van der Waals surface area contributed by atoms with E-state index in [2.05, 4.69) is 20.8 Å². The van der Waals surface area contributed by atoms with Crippen LogP contribution in [-0.4, -0.2) is 99.1 Å². The molecular weight excluding hydrogens is 498 g/mol. The zero-order valence-corrected chi connectivity index (χ0v) is 18.8. The number of carbonyl (C=O) groups is 4. The summed E-state index contributed by atoms with van der Waals surface area (Å²) in [7, 11) is -4.97. The van der Waals surface area contributed by atoms with E-state index >= 15 is 0 Å². The lowest BCUT2D eigenvalue weighted by Gasteiger charge is -2.45. The molecule has 6 N–H and O–H groups in total. The molecule has 4 amide bonds. The molecule has 34 heavy (non-hydrogen) atoms. The molecule has 3 fully saturated rings. The summed E-state index contributed by atoms with van der Waals surface area (Å²) in [5, 5.41) is 19.2. The topological polar surface area (TPSA) is 234 Å². The number of rotatable bonds is 9. The van der Waals surface area contributed by atoms with Crippen LogP contribution in [0.5, 0.6) is 0 Å². The van der Waals surface area contributed by atoms with E-state index in [4.69, 9.17) is 10.6 Å². The van der Waals surface area contributed by atoms with Crippen molar-refractivity contribution in [3.05, 3.63) is 11.1 Å². The van der Waals surface area contributed by atoms with E-state index < -0.39 is 57.5 Å². The van der Waals surface area contributed by atoms with Crippen LogP contribution in [0.25, 0.3) is 0 Å². The molecule has 2 atom stereocenters. The molecule has 1 aromatic heterocycles. The van der Waals surface area contributed by atoms with E-state index in [-0.39, 0.29) is 41.1 Å². The van der Waals surface area contributed by atoms with Crippen LogP contribution >= 0.6 is 11.3 Å². The molecule has 0 bridgehead atoms. The van der Waals surface area contributed by atoms with Crippen LogP contribution in [0, 0.1) is 0 Å². The first-order valence-electron chi connectivity index (χ1n) is 9.78. The molecule has 0 aromatic carbocycles. The Hall–Kier alpha value is -3.51. The number of nitrogen functional groups attached to an aromatic ring is 1.